The molecule has 0 aliphatic heterocycles. The largest absolute Gasteiger partial charge is 0.480 e. The second-order valence-corrected chi connectivity index (χ2v) is 16.7. The molecule has 0 saturated heterocycles. The van der Waals surface area contributed by atoms with Crippen molar-refractivity contribution in [3.63, 3.8) is 0 Å². The number of esters is 1. The molecule has 0 aromatic heterocycles. The molecule has 0 saturated carbocycles. The number of phosphoric ester groups is 1. The summed E-state index contributed by atoms with van der Waals surface area (Å²) in [7, 11) is -4.76. The SMILES string of the molecule is CCCCC/C=C\C/C=C\C/C=C\C/C=C\CCCCCCCCCC(=O)NC(COP(=O)(O)OCC(O)COC(=O)CCCCCCCCCCCCC)C(=O)O. The van der Waals surface area contributed by atoms with Gasteiger partial charge in [-0.15, -0.1) is 0 Å². The first-order valence-corrected chi connectivity index (χ1v) is 24.2. The van der Waals surface area contributed by atoms with E-state index in [4.69, 9.17) is 13.8 Å². The zero-order valence-electron chi connectivity index (χ0n) is 36.3. The van der Waals surface area contributed by atoms with Crippen molar-refractivity contribution in [1.29, 1.82) is 0 Å². The maximum Gasteiger partial charge on any atom is 0.472 e. The lowest BCUT2D eigenvalue weighted by atomic mass is 10.1. The van der Waals surface area contributed by atoms with Crippen molar-refractivity contribution in [3.05, 3.63) is 48.6 Å². The summed E-state index contributed by atoms with van der Waals surface area (Å²) in [4.78, 5) is 45.9. The van der Waals surface area contributed by atoms with Crippen molar-refractivity contribution in [2.24, 2.45) is 0 Å². The van der Waals surface area contributed by atoms with Crippen molar-refractivity contribution in [2.45, 2.75) is 206 Å². The third-order valence-electron chi connectivity index (χ3n) is 9.62. The van der Waals surface area contributed by atoms with Crippen LogP contribution in [0.15, 0.2) is 48.6 Å². The minimum absolute atomic E-state index is 0.132. The standard InChI is InChI=1S/C46H82NO10P/c1-3-5-7-9-11-13-15-16-17-18-19-20-21-22-23-24-25-26-28-29-31-33-35-37-44(49)47-43(46(51)52)41-57-58(53,54)56-40-42(48)39-55-45(50)38-36-34-32-30-27-14-12-10-8-6-4-2/h11,13,16-17,19-20,22-23,42-43,48H,3-10,12,14-15,18,21,24-41H2,1-2H3,(H,47,49)(H,51,52)(H,53,54)/b13-11-,17-16-,20-19-,23-22-. The first-order valence-electron chi connectivity index (χ1n) is 22.7. The average molecular weight is 840 g/mol. The van der Waals surface area contributed by atoms with Crippen LogP contribution in [0.4, 0.5) is 0 Å². The van der Waals surface area contributed by atoms with Crippen LogP contribution in [0, 0.1) is 0 Å². The average Bonchev–Trinajstić information content (AvgIpc) is 3.20. The molecule has 0 spiro atoms. The van der Waals surface area contributed by atoms with Gasteiger partial charge in [-0.1, -0.05) is 172 Å². The van der Waals surface area contributed by atoms with Gasteiger partial charge in [-0.05, 0) is 57.8 Å². The van der Waals surface area contributed by atoms with E-state index in [9.17, 15) is 34.1 Å². The molecule has 0 aromatic rings. The molecule has 0 bridgehead atoms. The van der Waals surface area contributed by atoms with Crippen molar-refractivity contribution >= 4 is 25.7 Å². The normalized spacial score (nSPS) is 14.1. The zero-order chi connectivity index (χ0) is 42.8. The number of carboxylic acid groups (broad SMARTS) is 1. The van der Waals surface area contributed by atoms with Crippen LogP contribution in [-0.2, 0) is 32.7 Å². The molecule has 0 radical (unpaired) electrons. The van der Waals surface area contributed by atoms with Gasteiger partial charge in [0.15, 0.2) is 6.04 Å². The number of amides is 1. The fourth-order valence-corrected chi connectivity index (χ4v) is 6.84. The minimum Gasteiger partial charge on any atom is -0.480 e. The number of carboxylic acids is 1. The zero-order valence-corrected chi connectivity index (χ0v) is 37.2. The van der Waals surface area contributed by atoms with E-state index in [1.54, 1.807) is 0 Å². The van der Waals surface area contributed by atoms with Gasteiger partial charge in [-0.2, -0.15) is 0 Å². The number of aliphatic hydroxyl groups excluding tert-OH is 1. The van der Waals surface area contributed by atoms with Crippen LogP contribution >= 0.6 is 7.82 Å². The van der Waals surface area contributed by atoms with Crippen LogP contribution in [-0.4, -0.2) is 64.9 Å². The topological polar surface area (TPSA) is 169 Å². The third kappa shape index (κ3) is 40.2. The number of aliphatic hydroxyl groups is 1. The molecule has 0 fully saturated rings. The predicted octanol–water partition coefficient (Wildman–Crippen LogP) is 11.8. The number of rotatable bonds is 42. The Morgan fingerprint density at radius 3 is 1.45 bits per heavy atom. The van der Waals surface area contributed by atoms with Crippen LogP contribution in [0.1, 0.15) is 194 Å². The Bertz CT molecular complexity index is 1170. The minimum atomic E-state index is -4.76. The number of ether oxygens (including phenoxy) is 1. The van der Waals surface area contributed by atoms with Gasteiger partial charge in [0, 0.05) is 12.8 Å². The first kappa shape index (κ1) is 55.4. The number of phosphoric acid groups is 1. The van der Waals surface area contributed by atoms with Gasteiger partial charge in [-0.25, -0.2) is 9.36 Å². The highest BCUT2D eigenvalue weighted by Gasteiger charge is 2.28. The van der Waals surface area contributed by atoms with Gasteiger partial charge in [-0.3, -0.25) is 18.6 Å². The molecule has 0 aromatic carbocycles. The van der Waals surface area contributed by atoms with E-state index in [1.807, 2.05) is 0 Å². The first-order chi connectivity index (χ1) is 28.1. The molecule has 336 valence electrons. The molecular weight excluding hydrogens is 757 g/mol. The molecule has 0 aliphatic rings. The molecule has 1 amide bonds. The fraction of sp³-hybridized carbons (Fsp3) is 0.761. The van der Waals surface area contributed by atoms with Crippen LogP contribution in [0.2, 0.25) is 0 Å². The Kier molecular flexibility index (Phi) is 39.4. The number of aliphatic carboxylic acids is 1. The summed E-state index contributed by atoms with van der Waals surface area (Å²) in [6.07, 6.45) is 45.6. The second kappa shape index (κ2) is 41.2. The Morgan fingerprint density at radius 2 is 0.948 bits per heavy atom. The molecule has 12 heteroatoms. The second-order valence-electron chi connectivity index (χ2n) is 15.2. The third-order valence-corrected chi connectivity index (χ3v) is 10.6. The molecular formula is C46H82NO10P. The van der Waals surface area contributed by atoms with Crippen molar-refractivity contribution in [3.8, 4) is 0 Å². The van der Waals surface area contributed by atoms with Crippen LogP contribution in [0.25, 0.3) is 0 Å². The van der Waals surface area contributed by atoms with Crippen molar-refractivity contribution in [2.75, 3.05) is 19.8 Å². The molecule has 3 atom stereocenters. The molecule has 3 unspecified atom stereocenters. The van der Waals surface area contributed by atoms with Gasteiger partial charge in [0.05, 0.1) is 13.2 Å². The highest BCUT2D eigenvalue weighted by Crippen LogP contribution is 2.43. The molecule has 4 N–H and O–H groups in total. The van der Waals surface area contributed by atoms with Crippen molar-refractivity contribution < 1.29 is 47.8 Å². The molecule has 0 heterocycles. The summed E-state index contributed by atoms with van der Waals surface area (Å²) in [6, 6.07) is -1.55. The van der Waals surface area contributed by atoms with Gasteiger partial charge in [0.1, 0.15) is 12.7 Å². The van der Waals surface area contributed by atoms with Crippen LogP contribution in [0.5, 0.6) is 0 Å². The summed E-state index contributed by atoms with van der Waals surface area (Å²) >= 11 is 0. The highest BCUT2D eigenvalue weighted by atomic mass is 31.2. The lowest BCUT2D eigenvalue weighted by molar-refractivity contribution is -0.147. The van der Waals surface area contributed by atoms with Gasteiger partial charge >= 0.3 is 19.8 Å². The van der Waals surface area contributed by atoms with Crippen LogP contribution in [0.3, 0.4) is 0 Å². The Hall–Kier alpha value is -2.56. The van der Waals surface area contributed by atoms with Crippen molar-refractivity contribution in [1.82, 2.24) is 5.32 Å². The summed E-state index contributed by atoms with van der Waals surface area (Å²) in [6.45, 7) is 2.55. The van der Waals surface area contributed by atoms with Gasteiger partial charge in [0.2, 0.25) is 5.91 Å². The summed E-state index contributed by atoms with van der Waals surface area (Å²) in [5.41, 5.74) is 0. The number of carbonyl (C=O) groups excluding carboxylic acids is 2. The number of hydrogen-bond donors (Lipinski definition) is 4. The highest BCUT2D eigenvalue weighted by molar-refractivity contribution is 7.47. The molecule has 11 nitrogen and oxygen atoms in total. The lowest BCUT2D eigenvalue weighted by Crippen LogP contribution is -2.43. The van der Waals surface area contributed by atoms with E-state index >= 15 is 0 Å². The molecule has 58 heavy (non-hydrogen) atoms. The van der Waals surface area contributed by atoms with Gasteiger partial charge < -0.3 is 25.2 Å². The Labute approximate surface area is 352 Å². The molecule has 0 aliphatic carbocycles. The lowest BCUT2D eigenvalue weighted by Gasteiger charge is -2.18. The van der Waals surface area contributed by atoms with E-state index in [2.05, 4.69) is 67.8 Å². The monoisotopic (exact) mass is 840 g/mol. The van der Waals surface area contributed by atoms with E-state index in [0.717, 1.165) is 83.5 Å². The van der Waals surface area contributed by atoms with Gasteiger partial charge in [0.25, 0.3) is 0 Å². The number of nitrogens with one attached hydrogen (secondary N) is 1. The van der Waals surface area contributed by atoms with E-state index < -0.39 is 57.6 Å². The quantitative estimate of drug-likeness (QED) is 0.0201. The van der Waals surface area contributed by atoms with Crippen LogP contribution < -0.4 is 5.32 Å². The number of carbonyl (C=O) groups is 3. The maximum absolute atomic E-state index is 12.3. The summed E-state index contributed by atoms with van der Waals surface area (Å²) < 4.78 is 26.8. The summed E-state index contributed by atoms with van der Waals surface area (Å²) in [5, 5.41) is 21.8. The number of allylic oxidation sites excluding steroid dienone is 8. The number of hydrogen-bond acceptors (Lipinski definition) is 8. The Morgan fingerprint density at radius 1 is 0.552 bits per heavy atom. The van der Waals surface area contributed by atoms with E-state index in [1.165, 1.54) is 70.6 Å². The molecule has 0 rings (SSSR count). The summed E-state index contributed by atoms with van der Waals surface area (Å²) in [5.74, 6) is -2.39. The predicted molar refractivity (Wildman–Crippen MR) is 235 cm³/mol. The van der Waals surface area contributed by atoms with E-state index in [0.29, 0.717) is 12.8 Å². The fourth-order valence-electron chi connectivity index (χ4n) is 6.06. The smallest absolute Gasteiger partial charge is 0.472 e. The van der Waals surface area contributed by atoms with E-state index in [-0.39, 0.29) is 12.8 Å². The maximum atomic E-state index is 12.3. The Balaban J connectivity index is 3.91. The number of unbranched alkanes of at least 4 members (excludes halogenated alkanes) is 20.